The Hall–Kier alpha value is -3.02. The summed E-state index contributed by atoms with van der Waals surface area (Å²) in [6.07, 6.45) is -0.335. The lowest BCUT2D eigenvalue weighted by Gasteiger charge is -2.34. The molecule has 2 amide bonds. The highest BCUT2D eigenvalue weighted by molar-refractivity contribution is 5.95. The monoisotopic (exact) mass is 353 g/mol. The molecular formula is C20H23N3O3. The number of hydrogen-bond donors (Lipinski definition) is 1. The molecule has 1 saturated heterocycles. The Labute approximate surface area is 153 Å². The maximum Gasteiger partial charge on any atom is 0.410 e. The zero-order valence-electron chi connectivity index (χ0n) is 14.9. The third-order valence-corrected chi connectivity index (χ3v) is 4.43. The van der Waals surface area contributed by atoms with Crippen LogP contribution >= 0.6 is 0 Å². The predicted octanol–water partition coefficient (Wildman–Crippen LogP) is 2.82. The van der Waals surface area contributed by atoms with Crippen LogP contribution in [-0.2, 0) is 11.3 Å². The minimum atomic E-state index is -0.335. The van der Waals surface area contributed by atoms with Gasteiger partial charge < -0.3 is 19.9 Å². The van der Waals surface area contributed by atoms with Crippen LogP contribution in [0.4, 0.5) is 10.5 Å². The molecule has 6 nitrogen and oxygen atoms in total. The van der Waals surface area contributed by atoms with Crippen molar-refractivity contribution in [2.24, 2.45) is 0 Å². The molecule has 26 heavy (non-hydrogen) atoms. The third kappa shape index (κ3) is 4.33. The van der Waals surface area contributed by atoms with Crippen LogP contribution in [0.2, 0.25) is 0 Å². The van der Waals surface area contributed by atoms with Crippen molar-refractivity contribution in [1.29, 1.82) is 0 Å². The van der Waals surface area contributed by atoms with Gasteiger partial charge in [0.15, 0.2) is 0 Å². The summed E-state index contributed by atoms with van der Waals surface area (Å²) >= 11 is 0. The lowest BCUT2D eigenvalue weighted by molar-refractivity contribution is 0.0544. The Kier molecular flexibility index (Phi) is 5.73. The second-order valence-corrected chi connectivity index (χ2v) is 6.15. The number of nitrogens with zero attached hydrogens (tertiary/aromatic N) is 2. The summed E-state index contributed by atoms with van der Waals surface area (Å²) in [7, 11) is 1.82. The van der Waals surface area contributed by atoms with Crippen molar-refractivity contribution in [2.75, 3.05) is 38.5 Å². The van der Waals surface area contributed by atoms with Gasteiger partial charge in [0.1, 0.15) is 6.61 Å². The molecule has 0 spiro atoms. The maximum absolute atomic E-state index is 12.6. The molecule has 0 aromatic heterocycles. The number of hydrogen-bond acceptors (Lipinski definition) is 4. The van der Waals surface area contributed by atoms with Gasteiger partial charge in [0, 0.05) is 44.5 Å². The molecule has 2 aromatic carbocycles. The van der Waals surface area contributed by atoms with E-state index in [1.54, 1.807) is 9.80 Å². The topological polar surface area (TPSA) is 61.9 Å². The van der Waals surface area contributed by atoms with Gasteiger partial charge in [-0.15, -0.1) is 0 Å². The molecule has 0 atom stereocenters. The van der Waals surface area contributed by atoms with E-state index in [1.165, 1.54) is 0 Å². The molecular weight excluding hydrogens is 330 g/mol. The SMILES string of the molecule is CNc1cccc(C(=O)N2CCN(C(=O)OCc3ccccc3)CC2)c1. The minimum Gasteiger partial charge on any atom is -0.445 e. The van der Waals surface area contributed by atoms with Gasteiger partial charge in [0.25, 0.3) is 5.91 Å². The summed E-state index contributed by atoms with van der Waals surface area (Å²) in [4.78, 5) is 28.2. The number of anilines is 1. The van der Waals surface area contributed by atoms with Crippen molar-refractivity contribution in [2.45, 2.75) is 6.61 Å². The highest BCUT2D eigenvalue weighted by Gasteiger charge is 2.25. The number of amides is 2. The van der Waals surface area contributed by atoms with Crippen LogP contribution in [0.5, 0.6) is 0 Å². The van der Waals surface area contributed by atoms with Crippen LogP contribution in [0.15, 0.2) is 54.6 Å². The molecule has 0 unspecified atom stereocenters. The van der Waals surface area contributed by atoms with Crippen molar-refractivity contribution >= 4 is 17.7 Å². The highest BCUT2D eigenvalue weighted by Crippen LogP contribution is 2.14. The van der Waals surface area contributed by atoms with E-state index in [-0.39, 0.29) is 18.6 Å². The lowest BCUT2D eigenvalue weighted by atomic mass is 10.1. The summed E-state index contributed by atoms with van der Waals surface area (Å²) in [5, 5.41) is 3.03. The second-order valence-electron chi connectivity index (χ2n) is 6.15. The average molecular weight is 353 g/mol. The average Bonchev–Trinajstić information content (AvgIpc) is 2.72. The molecule has 0 saturated carbocycles. The fourth-order valence-corrected chi connectivity index (χ4v) is 2.89. The van der Waals surface area contributed by atoms with Gasteiger partial charge >= 0.3 is 6.09 Å². The predicted molar refractivity (Wildman–Crippen MR) is 100 cm³/mol. The zero-order chi connectivity index (χ0) is 18.4. The Morgan fingerprint density at radius 2 is 1.65 bits per heavy atom. The lowest BCUT2D eigenvalue weighted by Crippen LogP contribution is -2.50. The van der Waals surface area contributed by atoms with Gasteiger partial charge in [-0.05, 0) is 23.8 Å². The van der Waals surface area contributed by atoms with Crippen molar-refractivity contribution in [3.05, 3.63) is 65.7 Å². The molecule has 0 aliphatic carbocycles. The zero-order valence-corrected chi connectivity index (χ0v) is 14.9. The molecule has 1 aliphatic heterocycles. The van der Waals surface area contributed by atoms with E-state index in [1.807, 2.05) is 61.6 Å². The first kappa shape index (κ1) is 17.8. The van der Waals surface area contributed by atoms with E-state index in [0.29, 0.717) is 31.7 Å². The van der Waals surface area contributed by atoms with Crippen LogP contribution in [-0.4, -0.2) is 55.0 Å². The summed E-state index contributed by atoms with van der Waals surface area (Å²) in [5.41, 5.74) is 2.51. The first-order valence-corrected chi connectivity index (χ1v) is 8.70. The van der Waals surface area contributed by atoms with Crippen molar-refractivity contribution < 1.29 is 14.3 Å². The second kappa shape index (κ2) is 8.38. The Morgan fingerprint density at radius 1 is 0.962 bits per heavy atom. The molecule has 1 fully saturated rings. The Bertz CT molecular complexity index is 756. The van der Waals surface area contributed by atoms with Gasteiger partial charge in [0.05, 0.1) is 0 Å². The minimum absolute atomic E-state index is 0.0144. The third-order valence-electron chi connectivity index (χ3n) is 4.43. The van der Waals surface area contributed by atoms with Gasteiger partial charge in [-0.1, -0.05) is 36.4 Å². The van der Waals surface area contributed by atoms with Crippen LogP contribution < -0.4 is 5.32 Å². The van der Waals surface area contributed by atoms with Crippen LogP contribution in [0, 0.1) is 0 Å². The normalized spacial score (nSPS) is 14.0. The number of carbonyl (C=O) groups is 2. The highest BCUT2D eigenvalue weighted by atomic mass is 16.6. The Morgan fingerprint density at radius 3 is 2.35 bits per heavy atom. The van der Waals surface area contributed by atoms with E-state index in [2.05, 4.69) is 5.32 Å². The molecule has 136 valence electrons. The molecule has 1 aliphatic rings. The van der Waals surface area contributed by atoms with Gasteiger partial charge in [-0.25, -0.2) is 4.79 Å². The Balaban J connectivity index is 1.50. The van der Waals surface area contributed by atoms with Crippen molar-refractivity contribution in [3.8, 4) is 0 Å². The van der Waals surface area contributed by atoms with Gasteiger partial charge in [-0.2, -0.15) is 0 Å². The molecule has 2 aromatic rings. The fourth-order valence-electron chi connectivity index (χ4n) is 2.89. The van der Waals surface area contributed by atoms with E-state index in [4.69, 9.17) is 4.74 Å². The summed E-state index contributed by atoms with van der Waals surface area (Å²) in [6.45, 7) is 2.22. The summed E-state index contributed by atoms with van der Waals surface area (Å²) < 4.78 is 5.35. The number of ether oxygens (including phenoxy) is 1. The van der Waals surface area contributed by atoms with Gasteiger partial charge in [-0.3, -0.25) is 4.79 Å². The van der Waals surface area contributed by atoms with Crippen LogP contribution in [0.3, 0.4) is 0 Å². The van der Waals surface area contributed by atoms with E-state index >= 15 is 0 Å². The summed E-state index contributed by atoms with van der Waals surface area (Å²) in [6, 6.07) is 17.0. The quantitative estimate of drug-likeness (QED) is 0.918. The van der Waals surface area contributed by atoms with Crippen LogP contribution in [0.25, 0.3) is 0 Å². The number of rotatable bonds is 4. The van der Waals surface area contributed by atoms with Crippen molar-refractivity contribution in [3.63, 3.8) is 0 Å². The molecule has 6 heteroatoms. The largest absolute Gasteiger partial charge is 0.445 e. The summed E-state index contributed by atoms with van der Waals surface area (Å²) in [5.74, 6) is -0.0144. The smallest absolute Gasteiger partial charge is 0.410 e. The van der Waals surface area contributed by atoms with Crippen molar-refractivity contribution in [1.82, 2.24) is 9.80 Å². The molecule has 3 rings (SSSR count). The van der Waals surface area contributed by atoms with E-state index < -0.39 is 0 Å². The number of benzene rings is 2. The van der Waals surface area contributed by atoms with E-state index in [9.17, 15) is 9.59 Å². The molecule has 1 heterocycles. The molecule has 0 radical (unpaired) electrons. The van der Waals surface area contributed by atoms with E-state index in [0.717, 1.165) is 11.3 Å². The molecule has 1 N–H and O–H groups in total. The maximum atomic E-state index is 12.6. The number of nitrogens with one attached hydrogen (secondary N) is 1. The number of piperazine rings is 1. The first-order valence-electron chi connectivity index (χ1n) is 8.70. The molecule has 0 bridgehead atoms. The van der Waals surface area contributed by atoms with Crippen LogP contribution in [0.1, 0.15) is 15.9 Å². The van der Waals surface area contributed by atoms with Gasteiger partial charge in [0.2, 0.25) is 0 Å². The first-order chi connectivity index (χ1) is 12.7. The fraction of sp³-hybridized carbons (Fsp3) is 0.300. The number of carbonyl (C=O) groups excluding carboxylic acids is 2. The standard InChI is InChI=1S/C20H23N3O3/c1-21-18-9-5-8-17(14-18)19(24)22-10-12-23(13-11-22)20(25)26-15-16-6-3-2-4-7-16/h2-9,14,21H,10-13,15H2,1H3.